The number of benzene rings is 1. The Kier molecular flexibility index (Phi) is 4.76. The van der Waals surface area contributed by atoms with E-state index in [1.54, 1.807) is 31.2 Å². The topological polar surface area (TPSA) is 98.2 Å². The van der Waals surface area contributed by atoms with Gasteiger partial charge in [0.2, 0.25) is 15.9 Å². The van der Waals surface area contributed by atoms with E-state index in [9.17, 15) is 8.42 Å². The zero-order chi connectivity index (χ0) is 15.5. The predicted molar refractivity (Wildman–Crippen MR) is 79.2 cm³/mol. The summed E-state index contributed by atoms with van der Waals surface area (Å²) in [5.41, 5.74) is 7.23. The van der Waals surface area contributed by atoms with Crippen LogP contribution in [0, 0.1) is 13.8 Å². The average Bonchev–Trinajstić information content (AvgIpc) is 2.77. The molecule has 7 heteroatoms. The molecule has 0 saturated carbocycles. The summed E-state index contributed by atoms with van der Waals surface area (Å²) in [5.74, 6) is 1.05. The van der Waals surface area contributed by atoms with Crippen LogP contribution in [-0.2, 0) is 23.0 Å². The Morgan fingerprint density at radius 1 is 1.24 bits per heavy atom. The van der Waals surface area contributed by atoms with Crippen LogP contribution in [0.25, 0.3) is 0 Å². The van der Waals surface area contributed by atoms with Gasteiger partial charge in [0.1, 0.15) is 5.76 Å². The third-order valence-corrected chi connectivity index (χ3v) is 4.57. The van der Waals surface area contributed by atoms with Crippen LogP contribution in [0.15, 0.2) is 33.6 Å². The maximum atomic E-state index is 12.2. The minimum Gasteiger partial charge on any atom is -0.444 e. The molecule has 0 unspecified atom stereocenters. The number of hydrogen-bond donors (Lipinski definition) is 2. The van der Waals surface area contributed by atoms with Gasteiger partial charge in [-0.1, -0.05) is 12.1 Å². The van der Waals surface area contributed by atoms with Crippen molar-refractivity contribution in [3.63, 3.8) is 0 Å². The summed E-state index contributed by atoms with van der Waals surface area (Å²) < 4.78 is 32.1. The second-order valence-electron chi connectivity index (χ2n) is 4.76. The molecule has 3 N–H and O–H groups in total. The number of hydrogen-bond acceptors (Lipinski definition) is 5. The number of aryl methyl sites for hydroxylation is 2. The van der Waals surface area contributed by atoms with Crippen molar-refractivity contribution in [1.82, 2.24) is 9.71 Å². The fourth-order valence-electron chi connectivity index (χ4n) is 1.86. The lowest BCUT2D eigenvalue weighted by Gasteiger charge is -2.06. The molecule has 2 aromatic rings. The van der Waals surface area contributed by atoms with Gasteiger partial charge < -0.3 is 10.2 Å². The molecule has 1 aromatic heterocycles. The summed E-state index contributed by atoms with van der Waals surface area (Å²) in [7, 11) is -3.58. The van der Waals surface area contributed by atoms with Crippen LogP contribution in [0.1, 0.15) is 22.9 Å². The van der Waals surface area contributed by atoms with E-state index in [-0.39, 0.29) is 11.4 Å². The van der Waals surface area contributed by atoms with Crippen LogP contribution in [0.5, 0.6) is 0 Å². The van der Waals surface area contributed by atoms with Gasteiger partial charge in [0.05, 0.1) is 17.1 Å². The number of oxazole rings is 1. The number of rotatable bonds is 6. The molecule has 2 rings (SSSR count). The molecule has 0 aliphatic carbocycles. The maximum Gasteiger partial charge on any atom is 0.241 e. The largest absolute Gasteiger partial charge is 0.444 e. The quantitative estimate of drug-likeness (QED) is 0.837. The molecule has 0 radical (unpaired) electrons. The number of nitrogens with two attached hydrogens (primary N) is 1. The molecule has 0 aliphatic heterocycles. The van der Waals surface area contributed by atoms with Crippen molar-refractivity contribution in [2.24, 2.45) is 5.73 Å². The highest BCUT2D eigenvalue weighted by molar-refractivity contribution is 7.89. The van der Waals surface area contributed by atoms with Crippen molar-refractivity contribution in [3.05, 3.63) is 47.2 Å². The summed E-state index contributed by atoms with van der Waals surface area (Å²) in [4.78, 5) is 4.35. The van der Waals surface area contributed by atoms with Crippen LogP contribution < -0.4 is 10.5 Å². The van der Waals surface area contributed by atoms with Crippen molar-refractivity contribution in [3.8, 4) is 0 Å². The molecule has 0 amide bonds. The van der Waals surface area contributed by atoms with E-state index in [0.29, 0.717) is 18.2 Å². The van der Waals surface area contributed by atoms with Gasteiger partial charge in [-0.05, 0) is 44.5 Å². The highest BCUT2D eigenvalue weighted by Crippen LogP contribution is 2.13. The molecule has 114 valence electrons. The van der Waals surface area contributed by atoms with Gasteiger partial charge in [-0.2, -0.15) is 0 Å². The van der Waals surface area contributed by atoms with Crippen molar-refractivity contribution < 1.29 is 12.8 Å². The van der Waals surface area contributed by atoms with Crippen LogP contribution in [0.3, 0.4) is 0 Å². The lowest BCUT2D eigenvalue weighted by Crippen LogP contribution is -2.23. The SMILES string of the molecule is Cc1nc(CNS(=O)(=O)c2ccc(CCN)cc2)oc1C. The molecular formula is C14H19N3O3S. The van der Waals surface area contributed by atoms with Crippen LogP contribution in [0.4, 0.5) is 0 Å². The van der Waals surface area contributed by atoms with E-state index in [4.69, 9.17) is 10.2 Å². The third kappa shape index (κ3) is 3.90. The summed E-state index contributed by atoms with van der Waals surface area (Å²) in [6, 6.07) is 6.67. The molecule has 0 saturated heterocycles. The summed E-state index contributed by atoms with van der Waals surface area (Å²) in [5, 5.41) is 0. The maximum absolute atomic E-state index is 12.2. The highest BCUT2D eigenvalue weighted by Gasteiger charge is 2.15. The first-order valence-corrected chi connectivity index (χ1v) is 8.12. The Hall–Kier alpha value is -1.70. The van der Waals surface area contributed by atoms with Gasteiger partial charge in [-0.15, -0.1) is 0 Å². The smallest absolute Gasteiger partial charge is 0.241 e. The molecule has 21 heavy (non-hydrogen) atoms. The summed E-state index contributed by atoms with van der Waals surface area (Å²) in [6.45, 7) is 4.16. The normalized spacial score (nSPS) is 11.8. The van der Waals surface area contributed by atoms with Gasteiger partial charge >= 0.3 is 0 Å². The number of aromatic nitrogens is 1. The predicted octanol–water partition coefficient (Wildman–Crippen LogP) is 1.27. The van der Waals surface area contributed by atoms with Crippen LogP contribution in [-0.4, -0.2) is 19.9 Å². The van der Waals surface area contributed by atoms with E-state index in [2.05, 4.69) is 9.71 Å². The Labute approximate surface area is 124 Å². The van der Waals surface area contributed by atoms with Crippen molar-refractivity contribution >= 4 is 10.0 Å². The van der Waals surface area contributed by atoms with Crippen LogP contribution in [0.2, 0.25) is 0 Å². The first-order valence-electron chi connectivity index (χ1n) is 6.64. The summed E-state index contributed by atoms with van der Waals surface area (Å²) in [6.07, 6.45) is 0.725. The third-order valence-electron chi connectivity index (χ3n) is 3.15. The second kappa shape index (κ2) is 6.38. The van der Waals surface area contributed by atoms with E-state index >= 15 is 0 Å². The van der Waals surface area contributed by atoms with E-state index in [0.717, 1.165) is 17.7 Å². The lowest BCUT2D eigenvalue weighted by molar-refractivity contribution is 0.463. The van der Waals surface area contributed by atoms with Gasteiger partial charge in [-0.3, -0.25) is 0 Å². The van der Waals surface area contributed by atoms with Crippen molar-refractivity contribution in [2.45, 2.75) is 31.7 Å². The fraction of sp³-hybridized carbons (Fsp3) is 0.357. The van der Waals surface area contributed by atoms with Crippen molar-refractivity contribution in [2.75, 3.05) is 6.54 Å². The highest BCUT2D eigenvalue weighted by atomic mass is 32.2. The van der Waals surface area contributed by atoms with Gasteiger partial charge in [0.25, 0.3) is 0 Å². The molecular weight excluding hydrogens is 290 g/mol. The van der Waals surface area contributed by atoms with Gasteiger partial charge in [0, 0.05) is 0 Å². The van der Waals surface area contributed by atoms with Crippen LogP contribution >= 0.6 is 0 Å². The lowest BCUT2D eigenvalue weighted by atomic mass is 10.2. The Balaban J connectivity index is 2.07. The monoisotopic (exact) mass is 309 g/mol. The van der Waals surface area contributed by atoms with Gasteiger partial charge in [-0.25, -0.2) is 18.1 Å². The minimum atomic E-state index is -3.58. The molecule has 0 bridgehead atoms. The number of sulfonamides is 1. The van der Waals surface area contributed by atoms with E-state index < -0.39 is 10.0 Å². The number of nitrogens with one attached hydrogen (secondary N) is 1. The fourth-order valence-corrected chi connectivity index (χ4v) is 2.83. The first-order chi connectivity index (χ1) is 9.92. The molecule has 0 spiro atoms. The Morgan fingerprint density at radius 3 is 2.43 bits per heavy atom. The number of nitrogens with zero attached hydrogens (tertiary/aromatic N) is 1. The zero-order valence-electron chi connectivity index (χ0n) is 12.1. The molecule has 0 fully saturated rings. The van der Waals surface area contributed by atoms with E-state index in [1.165, 1.54) is 0 Å². The average molecular weight is 309 g/mol. The van der Waals surface area contributed by atoms with E-state index in [1.807, 2.05) is 6.92 Å². The molecule has 1 heterocycles. The standard InChI is InChI=1S/C14H19N3O3S/c1-10-11(2)20-14(17-10)9-16-21(18,19)13-5-3-12(4-6-13)7-8-15/h3-6,16H,7-9,15H2,1-2H3. The van der Waals surface area contributed by atoms with Gasteiger partial charge in [0.15, 0.2) is 0 Å². The Morgan fingerprint density at radius 2 is 1.90 bits per heavy atom. The summed E-state index contributed by atoms with van der Waals surface area (Å²) >= 11 is 0. The Bertz CT molecular complexity index is 686. The molecule has 6 nitrogen and oxygen atoms in total. The molecule has 1 aromatic carbocycles. The first kappa shape index (κ1) is 15.7. The van der Waals surface area contributed by atoms with Crippen molar-refractivity contribution in [1.29, 1.82) is 0 Å². The molecule has 0 atom stereocenters. The molecule has 0 aliphatic rings. The minimum absolute atomic E-state index is 0.0293. The second-order valence-corrected chi connectivity index (χ2v) is 6.52. The zero-order valence-corrected chi connectivity index (χ0v) is 12.9.